The van der Waals surface area contributed by atoms with Gasteiger partial charge in [-0.1, -0.05) is 121 Å². The summed E-state index contributed by atoms with van der Waals surface area (Å²) in [7, 11) is 0. The fourth-order valence-electron chi connectivity index (χ4n) is 6.05. The molecule has 0 aromatic heterocycles. The number of amides is 2. The van der Waals surface area contributed by atoms with E-state index in [1.165, 1.54) is 37.6 Å². The van der Waals surface area contributed by atoms with Crippen LogP contribution in [0.1, 0.15) is 66.1 Å². The van der Waals surface area contributed by atoms with Crippen molar-refractivity contribution in [1.29, 1.82) is 0 Å². The number of rotatable bonds is 17. The van der Waals surface area contributed by atoms with E-state index < -0.39 is 5.60 Å². The molecule has 0 bridgehead atoms. The summed E-state index contributed by atoms with van der Waals surface area (Å²) < 4.78 is 9.86. The number of aryl methyl sites for hydroxylation is 3. The van der Waals surface area contributed by atoms with Crippen LogP contribution in [0.4, 0.5) is 9.59 Å². The Morgan fingerprint density at radius 3 is 1.25 bits per heavy atom. The Bertz CT molecular complexity index is 1980. The van der Waals surface area contributed by atoms with Gasteiger partial charge in [-0.25, -0.2) is 9.59 Å². The van der Waals surface area contributed by atoms with Crippen molar-refractivity contribution in [1.82, 2.24) is 20.4 Å². The molecule has 0 atom stereocenters. The van der Waals surface area contributed by atoms with Crippen LogP contribution in [0.15, 0.2) is 136 Å². The Balaban J connectivity index is 0.000000273. The molecule has 65 heavy (non-hydrogen) atoms. The van der Waals surface area contributed by atoms with Crippen molar-refractivity contribution in [3.63, 3.8) is 0 Å². The molecule has 9 nitrogen and oxygen atoms in total. The monoisotopic (exact) mass is 946 g/mol. The minimum absolute atomic E-state index is 0. The molecule has 0 saturated carbocycles. The second kappa shape index (κ2) is 30.7. The SMILES string of the molecule is CCC(C)(C)O.Cc1ccc(SCCNCc2ccccc2CNCCSc2ccc(C)cc2)cc1.Cc1ccc([S-])cc1.O=C1OCCN1Cc1ccccc1CN1CCOC1=O.[Na+]. The summed E-state index contributed by atoms with van der Waals surface area (Å²) in [6.45, 7) is 18.9. The number of carbonyl (C=O) groups is 2. The number of carbonyl (C=O) groups excluding carboxylic acids is 2. The van der Waals surface area contributed by atoms with Crippen molar-refractivity contribution in [2.24, 2.45) is 0 Å². The van der Waals surface area contributed by atoms with Crippen LogP contribution in [-0.2, 0) is 48.3 Å². The molecule has 2 aliphatic heterocycles. The van der Waals surface area contributed by atoms with Crippen molar-refractivity contribution in [2.75, 3.05) is 50.9 Å². The van der Waals surface area contributed by atoms with E-state index in [-0.39, 0.29) is 41.7 Å². The normalized spacial score (nSPS) is 13.0. The first-order valence-electron chi connectivity index (χ1n) is 22.0. The third-order valence-electron chi connectivity index (χ3n) is 10.3. The van der Waals surface area contributed by atoms with Crippen LogP contribution in [0.25, 0.3) is 0 Å². The Hall–Kier alpha value is -3.56. The summed E-state index contributed by atoms with van der Waals surface area (Å²) >= 11 is 8.69. The van der Waals surface area contributed by atoms with E-state index in [9.17, 15) is 9.59 Å². The summed E-state index contributed by atoms with van der Waals surface area (Å²) in [5, 5.41) is 16.0. The van der Waals surface area contributed by atoms with Crippen LogP contribution in [0.3, 0.4) is 0 Å². The molecule has 7 rings (SSSR count). The molecule has 2 saturated heterocycles. The fraction of sp³-hybridized carbons (Fsp3) is 0.385. The van der Waals surface area contributed by atoms with Crippen molar-refractivity contribution < 1.29 is 53.7 Å². The minimum atomic E-state index is -0.458. The van der Waals surface area contributed by atoms with E-state index in [4.69, 9.17) is 27.2 Å². The Morgan fingerprint density at radius 1 is 0.600 bits per heavy atom. The van der Waals surface area contributed by atoms with Crippen LogP contribution in [0.5, 0.6) is 0 Å². The van der Waals surface area contributed by atoms with Crippen LogP contribution < -0.4 is 40.2 Å². The molecule has 2 heterocycles. The maximum Gasteiger partial charge on any atom is 1.00 e. The van der Waals surface area contributed by atoms with Gasteiger partial charge in [0.25, 0.3) is 0 Å². The number of hydrogen-bond donors (Lipinski definition) is 3. The fourth-order valence-corrected chi connectivity index (χ4v) is 7.81. The van der Waals surface area contributed by atoms with Crippen LogP contribution >= 0.6 is 23.5 Å². The quantitative estimate of drug-likeness (QED) is 0.0372. The summed E-state index contributed by atoms with van der Waals surface area (Å²) in [4.78, 5) is 29.9. The van der Waals surface area contributed by atoms with Gasteiger partial charge in [-0.3, -0.25) is 0 Å². The Labute approximate surface area is 424 Å². The Kier molecular flexibility index (Phi) is 26.3. The predicted octanol–water partition coefficient (Wildman–Crippen LogP) is 7.73. The van der Waals surface area contributed by atoms with Gasteiger partial charge in [0, 0.05) is 60.6 Å². The molecule has 0 unspecified atom stereocenters. The molecule has 0 radical (unpaired) electrons. The van der Waals surface area contributed by atoms with Gasteiger partial charge < -0.3 is 47.6 Å². The molecule has 2 aliphatic rings. The first-order chi connectivity index (χ1) is 30.8. The molecule has 2 fully saturated rings. The van der Waals surface area contributed by atoms with Crippen molar-refractivity contribution in [3.05, 3.63) is 160 Å². The molecule has 3 N–H and O–H groups in total. The third kappa shape index (κ3) is 22.7. The molecular weight excluding hydrogens is 880 g/mol. The zero-order valence-corrected chi connectivity index (χ0v) is 43.9. The smallest absolute Gasteiger partial charge is 0.780 e. The second-order valence-corrected chi connectivity index (χ2v) is 19.1. The van der Waals surface area contributed by atoms with Crippen LogP contribution in [0.2, 0.25) is 0 Å². The Morgan fingerprint density at radius 2 is 0.938 bits per heavy atom. The van der Waals surface area contributed by atoms with Gasteiger partial charge in [-0.2, -0.15) is 4.90 Å². The van der Waals surface area contributed by atoms with Gasteiger partial charge in [0.1, 0.15) is 13.2 Å². The molecular formula is C52H67N4NaO5S3. The maximum absolute atomic E-state index is 11.5. The summed E-state index contributed by atoms with van der Waals surface area (Å²) in [5.41, 5.74) is 8.27. The molecule has 5 aromatic rings. The number of cyclic esters (lactones) is 2. The number of nitrogens with zero attached hydrogens (tertiary/aromatic N) is 2. The van der Waals surface area contributed by atoms with E-state index in [0.29, 0.717) is 39.4 Å². The van der Waals surface area contributed by atoms with Gasteiger partial charge in [0.2, 0.25) is 0 Å². The third-order valence-corrected chi connectivity index (χ3v) is 12.6. The van der Waals surface area contributed by atoms with E-state index in [1.807, 2.05) is 79.0 Å². The van der Waals surface area contributed by atoms with Crippen LogP contribution in [-0.4, -0.2) is 83.6 Å². The van der Waals surface area contributed by atoms with Gasteiger partial charge in [-0.15, -0.1) is 23.5 Å². The molecule has 0 spiro atoms. The first-order valence-corrected chi connectivity index (χ1v) is 24.4. The number of ether oxygens (including phenoxy) is 2. The molecule has 344 valence electrons. The minimum Gasteiger partial charge on any atom is -0.780 e. The maximum atomic E-state index is 11.5. The first kappa shape index (κ1) is 55.8. The number of nitrogens with one attached hydrogen (secondary N) is 2. The molecule has 2 amide bonds. The standard InChI is InChI=1S/C26H32N2S2.C14H16N2O4.C7H8S.C5H12O.Na/c1-21-7-11-25(12-8-21)29-17-15-27-19-23-5-3-4-6-24(23)20-28-16-18-30-26-13-9-22(2)10-14-26;17-13-15(5-7-19-13)9-11-3-1-2-4-12(11)10-16-6-8-20-14(16)18;1-6-2-4-7(8)5-3-6;1-4-5(2,3)6;/h3-14,27-28H,15-20H2,1-2H3;1-4H,5-10H2;2-5,8H,1H3;6H,4H2,1-3H3;/q;;;;+1/p-1. The number of benzene rings is 5. The number of aliphatic hydroxyl groups is 1. The van der Waals surface area contributed by atoms with Gasteiger partial charge in [0.15, 0.2) is 0 Å². The number of hydrogen-bond acceptors (Lipinski definition) is 10. The van der Waals surface area contributed by atoms with E-state index in [0.717, 1.165) is 60.1 Å². The van der Waals surface area contributed by atoms with E-state index in [1.54, 1.807) is 23.6 Å². The average molecular weight is 947 g/mol. The summed E-state index contributed by atoms with van der Waals surface area (Å²) in [5.74, 6) is 2.17. The average Bonchev–Trinajstić information content (AvgIpc) is 3.90. The molecule has 13 heteroatoms. The zero-order valence-electron chi connectivity index (χ0n) is 39.4. The summed E-state index contributed by atoms with van der Waals surface area (Å²) in [6.07, 6.45) is 0.272. The van der Waals surface area contributed by atoms with Crippen molar-refractivity contribution in [2.45, 2.75) is 94.4 Å². The molecule has 0 aliphatic carbocycles. The zero-order chi connectivity index (χ0) is 46.2. The largest absolute Gasteiger partial charge is 1.00 e. The van der Waals surface area contributed by atoms with Gasteiger partial charge >= 0.3 is 41.7 Å². The molecule has 5 aromatic carbocycles. The summed E-state index contributed by atoms with van der Waals surface area (Å²) in [6, 6.07) is 42.0. The van der Waals surface area contributed by atoms with Crippen LogP contribution in [0, 0.1) is 20.8 Å². The topological polar surface area (TPSA) is 103 Å². The van der Waals surface area contributed by atoms with E-state index >= 15 is 0 Å². The van der Waals surface area contributed by atoms with Gasteiger partial charge in [-0.05, 0) is 87.6 Å². The van der Waals surface area contributed by atoms with Crippen molar-refractivity contribution >= 4 is 48.3 Å². The second-order valence-electron chi connectivity index (χ2n) is 16.3. The number of thioether (sulfide) groups is 2. The predicted molar refractivity (Wildman–Crippen MR) is 267 cm³/mol. The van der Waals surface area contributed by atoms with E-state index in [2.05, 4.69) is 104 Å². The van der Waals surface area contributed by atoms with Crippen molar-refractivity contribution in [3.8, 4) is 0 Å². The van der Waals surface area contributed by atoms with Gasteiger partial charge in [0.05, 0.1) is 18.7 Å².